The summed E-state index contributed by atoms with van der Waals surface area (Å²) in [6, 6.07) is 5.17. The van der Waals surface area contributed by atoms with Crippen LogP contribution in [0.1, 0.15) is 21.7 Å². The second-order valence-corrected chi connectivity index (χ2v) is 4.95. The van der Waals surface area contributed by atoms with Crippen LogP contribution in [0.3, 0.4) is 0 Å². The predicted molar refractivity (Wildman–Crippen MR) is 71.1 cm³/mol. The Morgan fingerprint density at radius 3 is 2.65 bits per heavy atom. The van der Waals surface area contributed by atoms with Gasteiger partial charge in [0, 0.05) is 10.6 Å². The van der Waals surface area contributed by atoms with Gasteiger partial charge in [0.25, 0.3) is 0 Å². The van der Waals surface area contributed by atoms with Gasteiger partial charge in [0.05, 0.1) is 21.5 Å². The van der Waals surface area contributed by atoms with Crippen molar-refractivity contribution >= 4 is 33.8 Å². The number of aryl methyl sites for hydroxylation is 1. The first-order valence-electron chi connectivity index (χ1n) is 5.01. The average Bonchev–Trinajstić information content (AvgIpc) is 2.57. The summed E-state index contributed by atoms with van der Waals surface area (Å²) in [6.45, 7) is 3.84. The van der Waals surface area contributed by atoms with Crippen LogP contribution in [-0.2, 0) is 0 Å². The minimum atomic E-state index is 0.524. The predicted octanol–water partition coefficient (Wildman–Crippen LogP) is 3.72. The summed E-state index contributed by atoms with van der Waals surface area (Å²) in [5, 5.41) is 4.92. The molecule has 5 heteroatoms. The van der Waals surface area contributed by atoms with E-state index in [9.17, 15) is 4.79 Å². The molecule has 0 bridgehead atoms. The Labute approximate surface area is 113 Å². The van der Waals surface area contributed by atoms with E-state index in [0.717, 1.165) is 27.8 Å². The molecule has 0 spiro atoms. The first-order chi connectivity index (χ1) is 8.04. The van der Waals surface area contributed by atoms with Crippen LogP contribution in [0.2, 0.25) is 5.02 Å². The highest BCUT2D eigenvalue weighted by atomic mass is 79.9. The number of carbonyl (C=O) groups is 1. The fourth-order valence-corrected chi connectivity index (χ4v) is 2.10. The second kappa shape index (κ2) is 4.63. The molecule has 0 atom stereocenters. The Kier molecular flexibility index (Phi) is 3.35. The number of aromatic nitrogens is 2. The molecule has 0 fully saturated rings. The molecule has 0 N–H and O–H groups in total. The Balaban J connectivity index is 2.68. The van der Waals surface area contributed by atoms with Crippen LogP contribution in [-0.4, -0.2) is 16.1 Å². The van der Waals surface area contributed by atoms with Gasteiger partial charge in [0.1, 0.15) is 0 Å². The van der Waals surface area contributed by atoms with Crippen LogP contribution in [0.15, 0.2) is 22.7 Å². The molecule has 1 aromatic carbocycles. The van der Waals surface area contributed by atoms with Crippen molar-refractivity contribution in [3.05, 3.63) is 44.6 Å². The largest absolute Gasteiger partial charge is 0.298 e. The van der Waals surface area contributed by atoms with Gasteiger partial charge in [0.15, 0.2) is 6.29 Å². The molecule has 17 heavy (non-hydrogen) atoms. The van der Waals surface area contributed by atoms with Crippen molar-refractivity contribution < 1.29 is 4.79 Å². The lowest BCUT2D eigenvalue weighted by Gasteiger charge is -2.07. The first-order valence-corrected chi connectivity index (χ1v) is 6.18. The molecule has 3 nitrogen and oxygen atoms in total. The molecule has 0 radical (unpaired) electrons. The van der Waals surface area contributed by atoms with Gasteiger partial charge >= 0.3 is 0 Å². The summed E-state index contributed by atoms with van der Waals surface area (Å²) in [7, 11) is 0. The Bertz CT molecular complexity index is 592. The number of hydrogen-bond acceptors (Lipinski definition) is 2. The number of halogens is 2. The summed E-state index contributed by atoms with van der Waals surface area (Å²) >= 11 is 9.32. The molecular weight excluding hydrogens is 304 g/mol. The first kappa shape index (κ1) is 12.3. The fourth-order valence-electron chi connectivity index (χ4n) is 1.67. The smallest absolute Gasteiger partial charge is 0.152 e. The van der Waals surface area contributed by atoms with E-state index < -0.39 is 0 Å². The number of hydrogen-bond donors (Lipinski definition) is 0. The molecule has 88 valence electrons. The maximum absolute atomic E-state index is 11.0. The Hall–Kier alpha value is -1.13. The van der Waals surface area contributed by atoms with Gasteiger partial charge < -0.3 is 0 Å². The molecule has 2 aromatic rings. The van der Waals surface area contributed by atoms with Gasteiger partial charge in [-0.15, -0.1) is 0 Å². The van der Waals surface area contributed by atoms with Crippen molar-refractivity contribution in [3.8, 4) is 5.69 Å². The second-order valence-electron chi connectivity index (χ2n) is 3.72. The quantitative estimate of drug-likeness (QED) is 0.792. The highest BCUT2D eigenvalue weighted by molar-refractivity contribution is 9.10. The van der Waals surface area contributed by atoms with Crippen molar-refractivity contribution in [2.45, 2.75) is 13.8 Å². The number of aldehydes is 1. The number of carbonyl (C=O) groups excluding carboxylic acids is 1. The van der Waals surface area contributed by atoms with Gasteiger partial charge in [-0.25, -0.2) is 4.68 Å². The van der Waals surface area contributed by atoms with E-state index >= 15 is 0 Å². The zero-order valence-corrected chi connectivity index (χ0v) is 11.7. The highest BCUT2D eigenvalue weighted by Crippen LogP contribution is 2.25. The summed E-state index contributed by atoms with van der Waals surface area (Å²) in [4.78, 5) is 11.0. The maximum Gasteiger partial charge on any atom is 0.152 e. The van der Waals surface area contributed by atoms with Gasteiger partial charge in [-0.05, 0) is 48.0 Å². The van der Waals surface area contributed by atoms with E-state index in [2.05, 4.69) is 21.0 Å². The Morgan fingerprint density at radius 1 is 1.41 bits per heavy atom. The maximum atomic E-state index is 11.0. The van der Waals surface area contributed by atoms with Gasteiger partial charge in [-0.1, -0.05) is 11.6 Å². The zero-order valence-electron chi connectivity index (χ0n) is 9.37. The molecule has 1 heterocycles. The normalized spacial score (nSPS) is 10.6. The third kappa shape index (κ3) is 2.15. The molecule has 0 aliphatic rings. The van der Waals surface area contributed by atoms with Crippen molar-refractivity contribution in [1.29, 1.82) is 0 Å². The van der Waals surface area contributed by atoms with E-state index in [1.54, 1.807) is 22.9 Å². The fraction of sp³-hybridized carbons (Fsp3) is 0.167. The van der Waals surface area contributed by atoms with Crippen LogP contribution < -0.4 is 0 Å². The van der Waals surface area contributed by atoms with Crippen LogP contribution in [0, 0.1) is 13.8 Å². The van der Waals surface area contributed by atoms with Crippen LogP contribution in [0.25, 0.3) is 5.69 Å². The number of benzene rings is 1. The molecular formula is C12H10BrClN2O. The minimum absolute atomic E-state index is 0.524. The third-order valence-electron chi connectivity index (χ3n) is 2.55. The lowest BCUT2D eigenvalue weighted by atomic mass is 10.2. The van der Waals surface area contributed by atoms with Crippen molar-refractivity contribution in [3.63, 3.8) is 0 Å². The molecule has 0 amide bonds. The lowest BCUT2D eigenvalue weighted by Crippen LogP contribution is -2.03. The summed E-state index contributed by atoms with van der Waals surface area (Å²) < 4.78 is 2.68. The molecule has 0 unspecified atom stereocenters. The van der Waals surface area contributed by atoms with Crippen LogP contribution in [0.5, 0.6) is 0 Å². The third-order valence-corrected chi connectivity index (χ3v) is 3.93. The summed E-state index contributed by atoms with van der Waals surface area (Å²) in [6.07, 6.45) is 0.783. The number of rotatable bonds is 2. The van der Waals surface area contributed by atoms with Gasteiger partial charge in [-0.2, -0.15) is 5.10 Å². The van der Waals surface area contributed by atoms with Gasteiger partial charge in [0.2, 0.25) is 0 Å². The summed E-state index contributed by atoms with van der Waals surface area (Å²) in [5.74, 6) is 0. The van der Waals surface area contributed by atoms with Crippen molar-refractivity contribution in [2.24, 2.45) is 0 Å². The lowest BCUT2D eigenvalue weighted by molar-refractivity contribution is 0.112. The topological polar surface area (TPSA) is 34.9 Å². The molecule has 2 rings (SSSR count). The van der Waals surface area contributed by atoms with E-state index in [1.807, 2.05) is 13.8 Å². The number of nitrogens with zero attached hydrogens (tertiary/aromatic N) is 2. The molecule has 0 aliphatic carbocycles. The van der Waals surface area contributed by atoms with Gasteiger partial charge in [-0.3, -0.25) is 4.79 Å². The molecule has 1 aromatic heterocycles. The minimum Gasteiger partial charge on any atom is -0.298 e. The van der Waals surface area contributed by atoms with Crippen LogP contribution >= 0.6 is 27.5 Å². The van der Waals surface area contributed by atoms with Crippen LogP contribution in [0.4, 0.5) is 0 Å². The molecule has 0 saturated heterocycles. The molecule has 0 aliphatic heterocycles. The van der Waals surface area contributed by atoms with E-state index in [0.29, 0.717) is 10.6 Å². The van der Waals surface area contributed by atoms with E-state index in [4.69, 9.17) is 11.6 Å². The standard InChI is InChI=1S/C12H10BrClN2O/c1-7-12(13)8(2)16(15-7)11-4-3-10(14)5-9(11)6-17/h3-6H,1-2H3. The van der Waals surface area contributed by atoms with Crippen molar-refractivity contribution in [1.82, 2.24) is 9.78 Å². The van der Waals surface area contributed by atoms with E-state index in [1.165, 1.54) is 0 Å². The average molecular weight is 314 g/mol. The van der Waals surface area contributed by atoms with Crippen molar-refractivity contribution in [2.75, 3.05) is 0 Å². The summed E-state index contributed by atoms with van der Waals surface area (Å²) in [5.41, 5.74) is 3.09. The molecule has 0 saturated carbocycles. The highest BCUT2D eigenvalue weighted by Gasteiger charge is 2.13. The Morgan fingerprint density at radius 2 is 2.12 bits per heavy atom. The van der Waals surface area contributed by atoms with E-state index in [-0.39, 0.29) is 0 Å². The monoisotopic (exact) mass is 312 g/mol. The SMILES string of the molecule is Cc1nn(-c2ccc(Cl)cc2C=O)c(C)c1Br. The zero-order chi connectivity index (χ0) is 12.6.